The zero-order valence-electron chi connectivity index (χ0n) is 33.3. The number of hydrogen-bond donors (Lipinski definition) is 0. The monoisotopic (exact) mass is 774 g/mol. The minimum Gasteiger partial charge on any atom is -0.310 e. The molecule has 0 saturated heterocycles. The SMILES string of the molecule is c1ccc(N(c2ccc(-c3cccc4ccccc34)cc2)c2cccc(-c3cccc4c3-c3ccccc3C43c4ccccc4-n4c5ccccc5c5cccc3c54)c2)cc1. The van der Waals surface area contributed by atoms with Crippen molar-refractivity contribution in [2.24, 2.45) is 0 Å². The molecule has 2 aliphatic rings. The van der Waals surface area contributed by atoms with E-state index >= 15 is 0 Å². The number of hydrogen-bond acceptors (Lipinski definition) is 1. The summed E-state index contributed by atoms with van der Waals surface area (Å²) >= 11 is 0. The summed E-state index contributed by atoms with van der Waals surface area (Å²) in [7, 11) is 0. The van der Waals surface area contributed by atoms with E-state index in [4.69, 9.17) is 0 Å². The Hall–Kier alpha value is -7.94. The van der Waals surface area contributed by atoms with Crippen molar-refractivity contribution in [2.75, 3.05) is 4.90 Å². The number of para-hydroxylation sites is 4. The molecule has 61 heavy (non-hydrogen) atoms. The fourth-order valence-electron chi connectivity index (χ4n) is 11.0. The fourth-order valence-corrected chi connectivity index (χ4v) is 11.0. The van der Waals surface area contributed by atoms with Gasteiger partial charge >= 0.3 is 0 Å². The van der Waals surface area contributed by atoms with Crippen molar-refractivity contribution in [3.63, 3.8) is 0 Å². The van der Waals surface area contributed by atoms with Gasteiger partial charge in [-0.05, 0) is 115 Å². The predicted molar refractivity (Wildman–Crippen MR) is 255 cm³/mol. The van der Waals surface area contributed by atoms with E-state index in [2.05, 4.69) is 240 Å². The summed E-state index contributed by atoms with van der Waals surface area (Å²) in [4.78, 5) is 2.38. The van der Waals surface area contributed by atoms with Gasteiger partial charge in [-0.25, -0.2) is 0 Å². The summed E-state index contributed by atoms with van der Waals surface area (Å²) in [6.07, 6.45) is 0. The third-order valence-electron chi connectivity index (χ3n) is 13.4. The highest BCUT2D eigenvalue weighted by Gasteiger charge is 2.51. The molecule has 1 unspecified atom stereocenters. The Balaban J connectivity index is 1.01. The van der Waals surface area contributed by atoms with Gasteiger partial charge in [0.05, 0.1) is 22.1 Å². The Morgan fingerprint density at radius 2 is 0.934 bits per heavy atom. The molecule has 1 atom stereocenters. The zero-order valence-corrected chi connectivity index (χ0v) is 33.3. The van der Waals surface area contributed by atoms with Crippen molar-refractivity contribution in [1.82, 2.24) is 4.57 Å². The van der Waals surface area contributed by atoms with Crippen molar-refractivity contribution in [3.05, 3.63) is 253 Å². The Labute approximate surface area is 354 Å². The number of rotatable bonds is 5. The molecule has 0 fully saturated rings. The first kappa shape index (κ1) is 34.0. The quantitative estimate of drug-likeness (QED) is 0.169. The van der Waals surface area contributed by atoms with Crippen LogP contribution in [0.2, 0.25) is 0 Å². The first-order chi connectivity index (χ1) is 30.3. The van der Waals surface area contributed by atoms with Gasteiger partial charge in [0.15, 0.2) is 0 Å². The number of benzene rings is 10. The molecule has 2 nitrogen and oxygen atoms in total. The molecule has 1 spiro atoms. The number of nitrogens with zero attached hydrogens (tertiary/aromatic N) is 2. The first-order valence-corrected chi connectivity index (χ1v) is 21.2. The van der Waals surface area contributed by atoms with Gasteiger partial charge in [-0.3, -0.25) is 0 Å². The van der Waals surface area contributed by atoms with E-state index in [1.807, 2.05) is 0 Å². The molecule has 11 aromatic rings. The highest BCUT2D eigenvalue weighted by molar-refractivity contribution is 6.13. The van der Waals surface area contributed by atoms with E-state index in [1.54, 1.807) is 0 Å². The summed E-state index contributed by atoms with van der Waals surface area (Å²) in [5, 5.41) is 5.10. The third kappa shape index (κ3) is 4.73. The van der Waals surface area contributed by atoms with Crippen LogP contribution < -0.4 is 4.90 Å². The van der Waals surface area contributed by atoms with Gasteiger partial charge in [0.2, 0.25) is 0 Å². The van der Waals surface area contributed by atoms with Gasteiger partial charge in [0.25, 0.3) is 0 Å². The van der Waals surface area contributed by atoms with Crippen LogP contribution in [-0.4, -0.2) is 4.57 Å². The van der Waals surface area contributed by atoms with E-state index < -0.39 is 5.41 Å². The van der Waals surface area contributed by atoms with Crippen LogP contribution in [0.15, 0.2) is 231 Å². The Morgan fingerprint density at radius 1 is 0.344 bits per heavy atom. The second-order valence-electron chi connectivity index (χ2n) is 16.4. The van der Waals surface area contributed by atoms with Crippen molar-refractivity contribution in [1.29, 1.82) is 0 Å². The molecule has 10 aromatic carbocycles. The molecule has 0 bridgehead atoms. The molecule has 2 heterocycles. The number of anilines is 3. The van der Waals surface area contributed by atoms with E-state index in [9.17, 15) is 0 Å². The third-order valence-corrected chi connectivity index (χ3v) is 13.4. The van der Waals surface area contributed by atoms with E-state index in [-0.39, 0.29) is 0 Å². The number of aromatic nitrogens is 1. The van der Waals surface area contributed by atoms with Crippen LogP contribution in [0.4, 0.5) is 17.1 Å². The summed E-state index contributed by atoms with van der Waals surface area (Å²) in [5.74, 6) is 0. The van der Waals surface area contributed by atoms with Gasteiger partial charge in [0.1, 0.15) is 0 Å². The summed E-state index contributed by atoms with van der Waals surface area (Å²) in [6, 6.07) is 85.2. The molecular formula is C59H38N2. The molecule has 2 heteroatoms. The predicted octanol–water partition coefficient (Wildman–Crippen LogP) is 15.4. The van der Waals surface area contributed by atoms with E-state index in [0.717, 1.165) is 17.1 Å². The van der Waals surface area contributed by atoms with Crippen molar-refractivity contribution < 1.29 is 0 Å². The summed E-state index contributed by atoms with van der Waals surface area (Å²) in [5.41, 5.74) is 19.4. The van der Waals surface area contributed by atoms with Gasteiger partial charge in [-0.15, -0.1) is 0 Å². The molecule has 0 radical (unpaired) electrons. The average molecular weight is 775 g/mol. The van der Waals surface area contributed by atoms with Crippen LogP contribution in [0.25, 0.3) is 71.6 Å². The molecule has 0 saturated carbocycles. The van der Waals surface area contributed by atoms with Gasteiger partial charge in [-0.2, -0.15) is 0 Å². The lowest BCUT2D eigenvalue weighted by atomic mass is 9.65. The Kier molecular flexibility index (Phi) is 7.26. The van der Waals surface area contributed by atoms with Crippen molar-refractivity contribution in [2.45, 2.75) is 5.41 Å². The van der Waals surface area contributed by atoms with Crippen LogP contribution in [0, 0.1) is 0 Å². The number of fused-ring (bicyclic) bond motifs is 13. The lowest BCUT2D eigenvalue weighted by Gasteiger charge is -2.39. The molecular weight excluding hydrogens is 737 g/mol. The normalized spacial score (nSPS) is 14.6. The van der Waals surface area contributed by atoms with Crippen LogP contribution in [0.5, 0.6) is 0 Å². The standard InChI is InChI=1S/C59H38N2/c1-2-19-42(20-3-1)60(43-36-34-40(35-37-43)46-25-13-17-39-16-4-5-22-45(39)46)44-21-12-18-41(38-44)47-26-14-30-53-57(47)50-24-6-8-28-51(50)59(53)52-29-9-11-33-56(52)61-55-32-10-7-23-48(55)49-27-15-31-54(59)58(49)61/h1-38H. The Morgan fingerprint density at radius 3 is 1.84 bits per heavy atom. The highest BCUT2D eigenvalue weighted by Crippen LogP contribution is 2.62. The molecule has 0 N–H and O–H groups in total. The second-order valence-corrected chi connectivity index (χ2v) is 16.4. The van der Waals surface area contributed by atoms with Gasteiger partial charge in [-0.1, -0.05) is 182 Å². The van der Waals surface area contributed by atoms with Gasteiger partial charge in [0, 0.05) is 27.8 Å². The smallest absolute Gasteiger partial charge is 0.0754 e. The molecule has 1 aliphatic heterocycles. The maximum Gasteiger partial charge on any atom is 0.0754 e. The molecule has 1 aliphatic carbocycles. The Bertz CT molecular complexity index is 3530. The lowest BCUT2D eigenvalue weighted by Crippen LogP contribution is -2.33. The molecule has 284 valence electrons. The van der Waals surface area contributed by atoms with Crippen molar-refractivity contribution >= 4 is 49.6 Å². The molecule has 1 aromatic heterocycles. The minimum atomic E-state index is -0.498. The van der Waals surface area contributed by atoms with E-state index in [1.165, 1.54) is 93.9 Å². The topological polar surface area (TPSA) is 8.17 Å². The maximum absolute atomic E-state index is 2.52. The van der Waals surface area contributed by atoms with Crippen LogP contribution in [0.1, 0.15) is 22.3 Å². The van der Waals surface area contributed by atoms with Crippen LogP contribution >= 0.6 is 0 Å². The highest BCUT2D eigenvalue weighted by atomic mass is 15.1. The van der Waals surface area contributed by atoms with Crippen molar-refractivity contribution in [3.8, 4) is 39.1 Å². The minimum absolute atomic E-state index is 0.498. The van der Waals surface area contributed by atoms with Crippen LogP contribution in [-0.2, 0) is 5.41 Å². The zero-order chi connectivity index (χ0) is 40.1. The maximum atomic E-state index is 2.52. The summed E-state index contributed by atoms with van der Waals surface area (Å²) < 4.78 is 2.52. The molecule has 13 rings (SSSR count). The fraction of sp³-hybridized carbons (Fsp3) is 0.0169. The van der Waals surface area contributed by atoms with Crippen LogP contribution in [0.3, 0.4) is 0 Å². The van der Waals surface area contributed by atoms with E-state index in [0.29, 0.717) is 0 Å². The summed E-state index contributed by atoms with van der Waals surface area (Å²) in [6.45, 7) is 0. The largest absolute Gasteiger partial charge is 0.310 e. The lowest BCUT2D eigenvalue weighted by molar-refractivity contribution is 0.748. The molecule has 0 amide bonds. The average Bonchev–Trinajstić information content (AvgIpc) is 3.83. The van der Waals surface area contributed by atoms with Gasteiger partial charge < -0.3 is 9.47 Å². The second kappa shape index (κ2) is 13.0. The first-order valence-electron chi connectivity index (χ1n) is 21.2.